The maximum absolute atomic E-state index is 11.7. The zero-order valence-electron chi connectivity index (χ0n) is 9.03. The van der Waals surface area contributed by atoms with Crippen molar-refractivity contribution >= 4 is 17.4 Å². The quantitative estimate of drug-likeness (QED) is 0.856. The van der Waals surface area contributed by atoms with Crippen LogP contribution in [0.25, 0.3) is 0 Å². The van der Waals surface area contributed by atoms with Gasteiger partial charge in [0.2, 0.25) is 0 Å². The Balaban J connectivity index is 2.66. The number of halogens is 1. The van der Waals surface area contributed by atoms with Crippen molar-refractivity contribution < 1.29 is 4.79 Å². The van der Waals surface area contributed by atoms with Crippen LogP contribution in [0, 0.1) is 5.92 Å². The van der Waals surface area contributed by atoms with Crippen LogP contribution in [0.3, 0.4) is 0 Å². The molecule has 15 heavy (non-hydrogen) atoms. The Morgan fingerprint density at radius 3 is 2.67 bits per heavy atom. The highest BCUT2D eigenvalue weighted by atomic mass is 35.5. The zero-order valence-corrected chi connectivity index (χ0v) is 9.79. The van der Waals surface area contributed by atoms with E-state index >= 15 is 0 Å². The molecule has 0 amide bonds. The zero-order chi connectivity index (χ0) is 11.4. The third-order valence-corrected chi connectivity index (χ3v) is 2.59. The van der Waals surface area contributed by atoms with Crippen LogP contribution in [0.4, 0.5) is 0 Å². The topological polar surface area (TPSA) is 43.1 Å². The van der Waals surface area contributed by atoms with Crippen LogP contribution in [0.2, 0.25) is 5.02 Å². The van der Waals surface area contributed by atoms with Crippen LogP contribution in [-0.2, 0) is 11.2 Å². The number of carbonyl (C=O) groups excluding carboxylic acids is 1. The number of benzene rings is 1. The number of nitrogens with two attached hydrogens (primary N) is 1. The Morgan fingerprint density at radius 1 is 1.47 bits per heavy atom. The van der Waals surface area contributed by atoms with E-state index in [1.54, 1.807) is 12.1 Å². The van der Waals surface area contributed by atoms with E-state index in [0.717, 1.165) is 5.56 Å². The fraction of sp³-hybridized carbons (Fsp3) is 0.417. The van der Waals surface area contributed by atoms with E-state index in [-0.39, 0.29) is 17.7 Å². The first-order valence-electron chi connectivity index (χ1n) is 5.03. The van der Waals surface area contributed by atoms with Crippen molar-refractivity contribution in [3.8, 4) is 0 Å². The standard InChI is InChI=1S/C12H16ClNO/c1-8(2)12(14)11(15)7-9-4-3-5-10(13)6-9/h3-6,8,12H,7,14H2,1-2H3/t12-/m0/s1. The van der Waals surface area contributed by atoms with Crippen LogP contribution in [0.1, 0.15) is 19.4 Å². The second-order valence-corrected chi connectivity index (χ2v) is 4.48. The van der Waals surface area contributed by atoms with Crippen molar-refractivity contribution in [2.45, 2.75) is 26.3 Å². The first kappa shape index (κ1) is 12.2. The predicted molar refractivity (Wildman–Crippen MR) is 63.0 cm³/mol. The molecule has 2 nitrogen and oxygen atoms in total. The summed E-state index contributed by atoms with van der Waals surface area (Å²) in [6.45, 7) is 3.89. The van der Waals surface area contributed by atoms with Crippen molar-refractivity contribution in [3.63, 3.8) is 0 Å². The van der Waals surface area contributed by atoms with E-state index in [1.165, 1.54) is 0 Å². The lowest BCUT2D eigenvalue weighted by atomic mass is 9.96. The molecule has 1 rings (SSSR count). The van der Waals surface area contributed by atoms with Gasteiger partial charge in [0, 0.05) is 11.4 Å². The van der Waals surface area contributed by atoms with Crippen molar-refractivity contribution in [2.24, 2.45) is 11.7 Å². The van der Waals surface area contributed by atoms with Crippen molar-refractivity contribution in [3.05, 3.63) is 34.9 Å². The van der Waals surface area contributed by atoms with Gasteiger partial charge in [-0.15, -0.1) is 0 Å². The maximum Gasteiger partial charge on any atom is 0.154 e. The Hall–Kier alpha value is -0.860. The molecule has 0 radical (unpaired) electrons. The van der Waals surface area contributed by atoms with Gasteiger partial charge in [-0.2, -0.15) is 0 Å². The van der Waals surface area contributed by atoms with E-state index in [1.807, 2.05) is 26.0 Å². The molecule has 1 aromatic rings. The molecule has 82 valence electrons. The lowest BCUT2D eigenvalue weighted by molar-refractivity contribution is -0.120. The summed E-state index contributed by atoms with van der Waals surface area (Å²) in [4.78, 5) is 11.7. The highest BCUT2D eigenvalue weighted by Crippen LogP contribution is 2.12. The molecule has 0 saturated heterocycles. The average Bonchev–Trinajstić information content (AvgIpc) is 2.16. The number of carbonyl (C=O) groups is 1. The molecular formula is C12H16ClNO. The molecule has 1 aromatic carbocycles. The third-order valence-electron chi connectivity index (χ3n) is 2.36. The minimum Gasteiger partial charge on any atom is -0.321 e. The molecule has 0 fully saturated rings. The van der Waals surface area contributed by atoms with Gasteiger partial charge in [0.05, 0.1) is 6.04 Å². The average molecular weight is 226 g/mol. The molecule has 1 atom stereocenters. The molecule has 0 bridgehead atoms. The number of Topliss-reactive ketones (excluding diaryl/α,β-unsaturated/α-hetero) is 1. The second-order valence-electron chi connectivity index (χ2n) is 4.04. The van der Waals surface area contributed by atoms with Gasteiger partial charge in [0.25, 0.3) is 0 Å². The summed E-state index contributed by atoms with van der Waals surface area (Å²) in [6.07, 6.45) is 0.361. The van der Waals surface area contributed by atoms with Gasteiger partial charge < -0.3 is 5.73 Å². The number of hydrogen-bond donors (Lipinski definition) is 1. The Labute approximate surface area is 95.4 Å². The largest absolute Gasteiger partial charge is 0.321 e. The summed E-state index contributed by atoms with van der Waals surface area (Å²) in [5.41, 5.74) is 6.68. The van der Waals surface area contributed by atoms with Crippen LogP contribution in [0.15, 0.2) is 24.3 Å². The summed E-state index contributed by atoms with van der Waals surface area (Å²) in [5, 5.41) is 0.651. The fourth-order valence-electron chi connectivity index (χ4n) is 1.34. The Bertz CT molecular complexity index is 349. The van der Waals surface area contributed by atoms with Gasteiger partial charge in [-0.1, -0.05) is 37.6 Å². The second kappa shape index (κ2) is 5.29. The molecule has 0 aromatic heterocycles. The normalized spacial score (nSPS) is 12.9. The molecule has 0 heterocycles. The van der Waals surface area contributed by atoms with Crippen LogP contribution in [0.5, 0.6) is 0 Å². The van der Waals surface area contributed by atoms with E-state index < -0.39 is 0 Å². The van der Waals surface area contributed by atoms with Gasteiger partial charge >= 0.3 is 0 Å². The maximum atomic E-state index is 11.7. The van der Waals surface area contributed by atoms with E-state index in [2.05, 4.69) is 0 Å². The predicted octanol–water partition coefficient (Wildman–Crippen LogP) is 2.43. The summed E-state index contributed by atoms with van der Waals surface area (Å²) in [6, 6.07) is 6.93. The van der Waals surface area contributed by atoms with Gasteiger partial charge in [0.1, 0.15) is 0 Å². The molecule has 0 aliphatic rings. The van der Waals surface area contributed by atoms with Crippen LogP contribution in [-0.4, -0.2) is 11.8 Å². The minimum absolute atomic E-state index is 0.0623. The molecule has 0 saturated carbocycles. The van der Waals surface area contributed by atoms with Gasteiger partial charge in [-0.05, 0) is 23.6 Å². The van der Waals surface area contributed by atoms with Crippen LogP contribution >= 0.6 is 11.6 Å². The molecule has 0 aliphatic heterocycles. The summed E-state index contributed by atoms with van der Waals surface area (Å²) in [5.74, 6) is 0.240. The fourth-order valence-corrected chi connectivity index (χ4v) is 1.55. The first-order valence-corrected chi connectivity index (χ1v) is 5.41. The Kier molecular flexibility index (Phi) is 4.30. The smallest absolute Gasteiger partial charge is 0.154 e. The molecule has 0 aliphatic carbocycles. The van der Waals surface area contributed by atoms with Gasteiger partial charge in [-0.3, -0.25) is 4.79 Å². The number of hydrogen-bond acceptors (Lipinski definition) is 2. The molecule has 3 heteroatoms. The number of rotatable bonds is 4. The molecule has 0 unspecified atom stereocenters. The lowest BCUT2D eigenvalue weighted by Crippen LogP contribution is -2.36. The molecular weight excluding hydrogens is 210 g/mol. The van der Waals surface area contributed by atoms with E-state index in [9.17, 15) is 4.79 Å². The summed E-state index contributed by atoms with van der Waals surface area (Å²) < 4.78 is 0. The van der Waals surface area contributed by atoms with Crippen LogP contribution < -0.4 is 5.73 Å². The van der Waals surface area contributed by atoms with Gasteiger partial charge in [0.15, 0.2) is 5.78 Å². The summed E-state index contributed by atoms with van der Waals surface area (Å²) in [7, 11) is 0. The monoisotopic (exact) mass is 225 g/mol. The number of ketones is 1. The first-order chi connectivity index (χ1) is 7.00. The minimum atomic E-state index is -0.385. The highest BCUT2D eigenvalue weighted by molar-refractivity contribution is 6.30. The van der Waals surface area contributed by atoms with Crippen molar-refractivity contribution in [2.75, 3.05) is 0 Å². The third kappa shape index (κ3) is 3.65. The van der Waals surface area contributed by atoms with Gasteiger partial charge in [-0.25, -0.2) is 0 Å². The highest BCUT2D eigenvalue weighted by Gasteiger charge is 2.17. The van der Waals surface area contributed by atoms with E-state index in [0.29, 0.717) is 11.4 Å². The van der Waals surface area contributed by atoms with Crippen molar-refractivity contribution in [1.82, 2.24) is 0 Å². The van der Waals surface area contributed by atoms with E-state index in [4.69, 9.17) is 17.3 Å². The van der Waals surface area contributed by atoms with Crippen molar-refractivity contribution in [1.29, 1.82) is 0 Å². The Morgan fingerprint density at radius 2 is 2.13 bits per heavy atom. The SMILES string of the molecule is CC(C)[C@H](N)C(=O)Cc1cccc(Cl)c1. The lowest BCUT2D eigenvalue weighted by Gasteiger charge is -2.14. The molecule has 0 spiro atoms. The molecule has 2 N–H and O–H groups in total. The summed E-state index contributed by atoms with van der Waals surface area (Å²) >= 11 is 5.83.